The molecular formula is C13H14F2N2O2. The van der Waals surface area contributed by atoms with Gasteiger partial charge in [-0.25, -0.2) is 13.6 Å². The molecule has 0 fully saturated rings. The zero-order valence-electron chi connectivity index (χ0n) is 10.6. The molecule has 19 heavy (non-hydrogen) atoms. The predicted octanol–water partition coefficient (Wildman–Crippen LogP) is 2.24. The molecule has 0 saturated heterocycles. The van der Waals surface area contributed by atoms with E-state index in [1.165, 1.54) is 13.2 Å². The Morgan fingerprint density at radius 1 is 1.32 bits per heavy atom. The Labute approximate surface area is 109 Å². The van der Waals surface area contributed by atoms with E-state index in [0.29, 0.717) is 11.3 Å². The van der Waals surface area contributed by atoms with Gasteiger partial charge >= 0.3 is 6.03 Å². The van der Waals surface area contributed by atoms with Crippen LogP contribution in [0.25, 0.3) is 0 Å². The number of rotatable bonds is 3. The van der Waals surface area contributed by atoms with Crippen molar-refractivity contribution in [3.05, 3.63) is 46.7 Å². The summed E-state index contributed by atoms with van der Waals surface area (Å²) in [6, 6.07) is 2.69. The third-order valence-corrected chi connectivity index (χ3v) is 3.01. The highest BCUT2D eigenvalue weighted by Crippen LogP contribution is 2.27. The Morgan fingerprint density at radius 2 is 2.05 bits per heavy atom. The summed E-state index contributed by atoms with van der Waals surface area (Å²) in [6.45, 7) is 2.05. The molecule has 2 amide bonds. The first-order chi connectivity index (χ1) is 9.02. The highest BCUT2D eigenvalue weighted by molar-refractivity contribution is 5.78. The molecule has 1 heterocycles. The van der Waals surface area contributed by atoms with E-state index < -0.39 is 23.7 Å². The summed E-state index contributed by atoms with van der Waals surface area (Å²) >= 11 is 0. The average Bonchev–Trinajstić information content (AvgIpc) is 2.37. The number of carbonyl (C=O) groups is 1. The summed E-state index contributed by atoms with van der Waals surface area (Å²) in [6.07, 6.45) is 0. The number of carbonyl (C=O) groups excluding carboxylic acids is 1. The standard InChI is InChI=1S/C13H14F2N2O2/c1-7-11(6-19-2)16-13(18)17-12(7)8-3-4-9(14)10(15)5-8/h3-5,12H,6H2,1-2H3,(H2,16,17,18). The molecule has 0 radical (unpaired) electrons. The molecule has 1 aliphatic heterocycles. The summed E-state index contributed by atoms with van der Waals surface area (Å²) in [7, 11) is 1.51. The second-order valence-electron chi connectivity index (χ2n) is 4.30. The molecule has 4 nitrogen and oxygen atoms in total. The van der Waals surface area contributed by atoms with Gasteiger partial charge in [-0.2, -0.15) is 0 Å². The van der Waals surface area contributed by atoms with Crippen LogP contribution in [0.2, 0.25) is 0 Å². The normalized spacial score (nSPS) is 19.2. The molecule has 1 unspecified atom stereocenters. The number of nitrogens with one attached hydrogen (secondary N) is 2. The first-order valence-corrected chi connectivity index (χ1v) is 5.74. The Bertz CT molecular complexity index is 543. The second kappa shape index (κ2) is 5.36. The zero-order valence-corrected chi connectivity index (χ0v) is 10.6. The lowest BCUT2D eigenvalue weighted by Crippen LogP contribution is -2.44. The van der Waals surface area contributed by atoms with Crippen molar-refractivity contribution in [2.75, 3.05) is 13.7 Å². The fourth-order valence-electron chi connectivity index (χ4n) is 2.00. The van der Waals surface area contributed by atoms with Gasteiger partial charge in [-0.05, 0) is 30.2 Å². The fraction of sp³-hybridized carbons (Fsp3) is 0.308. The van der Waals surface area contributed by atoms with E-state index in [1.54, 1.807) is 6.92 Å². The lowest BCUT2D eigenvalue weighted by Gasteiger charge is -2.28. The zero-order chi connectivity index (χ0) is 14.0. The molecule has 1 aliphatic rings. The molecule has 0 spiro atoms. The van der Waals surface area contributed by atoms with Crippen LogP contribution in [0.4, 0.5) is 13.6 Å². The van der Waals surface area contributed by atoms with Crippen molar-refractivity contribution < 1.29 is 18.3 Å². The number of halogens is 2. The van der Waals surface area contributed by atoms with E-state index >= 15 is 0 Å². The molecule has 6 heteroatoms. The van der Waals surface area contributed by atoms with Crippen LogP contribution in [0.15, 0.2) is 29.5 Å². The minimum Gasteiger partial charge on any atom is -0.378 e. The van der Waals surface area contributed by atoms with Gasteiger partial charge in [0.1, 0.15) is 0 Å². The summed E-state index contributed by atoms with van der Waals surface area (Å²) in [4.78, 5) is 11.5. The minimum absolute atomic E-state index is 0.249. The van der Waals surface area contributed by atoms with Crippen molar-refractivity contribution in [1.82, 2.24) is 10.6 Å². The van der Waals surface area contributed by atoms with Crippen molar-refractivity contribution in [2.45, 2.75) is 13.0 Å². The molecule has 2 rings (SSSR count). The molecule has 0 aromatic heterocycles. The van der Waals surface area contributed by atoms with Crippen LogP contribution in [0.3, 0.4) is 0 Å². The number of hydrogen-bond donors (Lipinski definition) is 2. The van der Waals surface area contributed by atoms with Crippen LogP contribution in [-0.2, 0) is 4.74 Å². The Kier molecular flexibility index (Phi) is 3.80. The summed E-state index contributed by atoms with van der Waals surface area (Å²) < 4.78 is 31.2. The number of methoxy groups -OCH3 is 1. The topological polar surface area (TPSA) is 50.4 Å². The summed E-state index contributed by atoms with van der Waals surface area (Å²) in [5, 5.41) is 5.29. The van der Waals surface area contributed by atoms with Crippen LogP contribution < -0.4 is 10.6 Å². The lowest BCUT2D eigenvalue weighted by molar-refractivity contribution is 0.208. The average molecular weight is 268 g/mol. The van der Waals surface area contributed by atoms with Crippen molar-refractivity contribution in [2.24, 2.45) is 0 Å². The molecule has 1 aromatic rings. The van der Waals surface area contributed by atoms with Gasteiger partial charge < -0.3 is 15.4 Å². The number of hydrogen-bond acceptors (Lipinski definition) is 2. The predicted molar refractivity (Wildman–Crippen MR) is 65.3 cm³/mol. The van der Waals surface area contributed by atoms with Crippen molar-refractivity contribution in [3.8, 4) is 0 Å². The maximum absolute atomic E-state index is 13.3. The van der Waals surface area contributed by atoms with Gasteiger partial charge in [-0.1, -0.05) is 6.07 Å². The Hall–Kier alpha value is -1.95. The maximum Gasteiger partial charge on any atom is 0.319 e. The highest BCUT2D eigenvalue weighted by atomic mass is 19.2. The lowest BCUT2D eigenvalue weighted by atomic mass is 9.96. The van der Waals surface area contributed by atoms with Crippen molar-refractivity contribution >= 4 is 6.03 Å². The van der Waals surface area contributed by atoms with Gasteiger partial charge in [0.15, 0.2) is 11.6 Å². The number of urea groups is 1. The Morgan fingerprint density at radius 3 is 2.68 bits per heavy atom. The molecular weight excluding hydrogens is 254 g/mol. The van der Waals surface area contributed by atoms with Crippen molar-refractivity contribution in [1.29, 1.82) is 0 Å². The van der Waals surface area contributed by atoms with Gasteiger partial charge in [0.2, 0.25) is 0 Å². The largest absolute Gasteiger partial charge is 0.378 e. The van der Waals surface area contributed by atoms with Crippen LogP contribution >= 0.6 is 0 Å². The van der Waals surface area contributed by atoms with E-state index in [4.69, 9.17) is 4.74 Å². The summed E-state index contributed by atoms with van der Waals surface area (Å²) in [5.74, 6) is -1.85. The van der Waals surface area contributed by atoms with Crippen molar-refractivity contribution in [3.63, 3.8) is 0 Å². The van der Waals surface area contributed by atoms with Gasteiger partial charge in [-0.3, -0.25) is 0 Å². The smallest absolute Gasteiger partial charge is 0.319 e. The van der Waals surface area contributed by atoms with E-state index in [1.807, 2.05) is 0 Å². The molecule has 0 aliphatic carbocycles. The van der Waals surface area contributed by atoms with Crippen LogP contribution in [-0.4, -0.2) is 19.7 Å². The van der Waals surface area contributed by atoms with E-state index in [9.17, 15) is 13.6 Å². The molecule has 2 N–H and O–H groups in total. The second-order valence-corrected chi connectivity index (χ2v) is 4.30. The minimum atomic E-state index is -0.939. The number of ether oxygens (including phenoxy) is 1. The van der Waals surface area contributed by atoms with Gasteiger partial charge in [0.25, 0.3) is 0 Å². The third kappa shape index (κ3) is 2.73. The monoisotopic (exact) mass is 268 g/mol. The molecule has 0 bridgehead atoms. The number of amides is 2. The molecule has 0 saturated carbocycles. The first kappa shape index (κ1) is 13.5. The SMILES string of the molecule is COCC1=C(C)C(c2ccc(F)c(F)c2)NC(=O)N1. The number of benzene rings is 1. The fourth-order valence-corrected chi connectivity index (χ4v) is 2.00. The maximum atomic E-state index is 13.3. The molecule has 102 valence electrons. The van der Waals surface area contributed by atoms with Gasteiger partial charge in [-0.15, -0.1) is 0 Å². The Balaban J connectivity index is 2.39. The van der Waals surface area contributed by atoms with Crippen LogP contribution in [0, 0.1) is 11.6 Å². The van der Waals surface area contributed by atoms with Crippen LogP contribution in [0.1, 0.15) is 18.5 Å². The molecule has 1 aromatic carbocycles. The summed E-state index contributed by atoms with van der Waals surface area (Å²) in [5.41, 5.74) is 1.91. The first-order valence-electron chi connectivity index (χ1n) is 5.74. The van der Waals surface area contributed by atoms with Crippen LogP contribution in [0.5, 0.6) is 0 Å². The molecule has 1 atom stereocenters. The quantitative estimate of drug-likeness (QED) is 0.883. The van der Waals surface area contributed by atoms with E-state index in [-0.39, 0.29) is 6.61 Å². The van der Waals surface area contributed by atoms with E-state index in [0.717, 1.165) is 17.7 Å². The highest BCUT2D eigenvalue weighted by Gasteiger charge is 2.25. The van der Waals surface area contributed by atoms with E-state index in [2.05, 4.69) is 10.6 Å². The third-order valence-electron chi connectivity index (χ3n) is 3.01. The van der Waals surface area contributed by atoms with Gasteiger partial charge in [0, 0.05) is 12.8 Å². The van der Waals surface area contributed by atoms with Gasteiger partial charge in [0.05, 0.1) is 12.6 Å².